The van der Waals surface area contributed by atoms with E-state index in [-0.39, 0.29) is 11.3 Å². The van der Waals surface area contributed by atoms with E-state index in [9.17, 15) is 8.42 Å². The fourth-order valence-corrected chi connectivity index (χ4v) is 5.83. The van der Waals surface area contributed by atoms with Crippen molar-refractivity contribution < 1.29 is 8.42 Å². The lowest BCUT2D eigenvalue weighted by Gasteiger charge is -2.45. The van der Waals surface area contributed by atoms with Gasteiger partial charge in [0.1, 0.15) is 0 Å². The predicted octanol–water partition coefficient (Wildman–Crippen LogP) is 2.94. The smallest absolute Gasteiger partial charge is 0.218 e. The second-order valence-corrected chi connectivity index (χ2v) is 9.21. The summed E-state index contributed by atoms with van der Waals surface area (Å²) < 4.78 is 27.6. The molecule has 0 aromatic heterocycles. The topological polar surface area (TPSA) is 40.6 Å². The van der Waals surface area contributed by atoms with Crippen LogP contribution in [0.25, 0.3) is 0 Å². The molecule has 2 aliphatic rings. The van der Waals surface area contributed by atoms with Crippen molar-refractivity contribution in [2.75, 3.05) is 26.2 Å². The molecule has 0 radical (unpaired) electrons. The van der Waals surface area contributed by atoms with Crippen LogP contribution in [-0.4, -0.2) is 49.3 Å². The third-order valence-electron chi connectivity index (χ3n) is 5.47. The molecule has 2 heterocycles. The molecular formula is C19H28N2O2S. The molecule has 1 spiro atoms. The first-order valence-corrected chi connectivity index (χ1v) is 10.5. The highest BCUT2D eigenvalue weighted by atomic mass is 32.2. The van der Waals surface area contributed by atoms with E-state index < -0.39 is 10.0 Å². The summed E-state index contributed by atoms with van der Waals surface area (Å²) in [7, 11) is -3.27. The number of sulfonamides is 1. The second-order valence-electron chi connectivity index (χ2n) is 7.24. The van der Waals surface area contributed by atoms with Crippen LogP contribution in [0.2, 0.25) is 0 Å². The number of rotatable bonds is 5. The SMILES string of the molecule is C=CCN1CCC[C@]12CCCN(S(=O)(=O)Cc1ccc(C)cc1)C2. The first-order valence-electron chi connectivity index (χ1n) is 8.85. The van der Waals surface area contributed by atoms with E-state index in [0.717, 1.165) is 49.9 Å². The molecule has 5 heteroatoms. The van der Waals surface area contributed by atoms with Crippen LogP contribution in [0, 0.1) is 6.92 Å². The second kappa shape index (κ2) is 6.98. The molecule has 0 aliphatic carbocycles. The van der Waals surface area contributed by atoms with Crippen LogP contribution in [0.15, 0.2) is 36.9 Å². The number of hydrogen-bond donors (Lipinski definition) is 0. The van der Waals surface area contributed by atoms with Gasteiger partial charge in [-0.25, -0.2) is 8.42 Å². The van der Waals surface area contributed by atoms with Crippen LogP contribution in [0.4, 0.5) is 0 Å². The first kappa shape index (κ1) is 17.6. The highest BCUT2D eigenvalue weighted by Gasteiger charge is 2.45. The van der Waals surface area contributed by atoms with Crippen molar-refractivity contribution in [3.05, 3.63) is 48.0 Å². The summed E-state index contributed by atoms with van der Waals surface area (Å²) in [5, 5.41) is 0. The van der Waals surface area contributed by atoms with Gasteiger partial charge in [-0.2, -0.15) is 4.31 Å². The van der Waals surface area contributed by atoms with E-state index in [1.54, 1.807) is 4.31 Å². The molecule has 24 heavy (non-hydrogen) atoms. The van der Waals surface area contributed by atoms with Crippen molar-refractivity contribution in [3.63, 3.8) is 0 Å². The minimum absolute atomic E-state index is 0.0206. The van der Waals surface area contributed by atoms with Crippen LogP contribution in [-0.2, 0) is 15.8 Å². The van der Waals surface area contributed by atoms with E-state index >= 15 is 0 Å². The summed E-state index contributed by atoms with van der Waals surface area (Å²) in [6.45, 7) is 9.07. The zero-order valence-corrected chi connectivity index (χ0v) is 15.4. The molecule has 2 fully saturated rings. The lowest BCUT2D eigenvalue weighted by atomic mass is 9.87. The fraction of sp³-hybridized carbons (Fsp3) is 0.579. The number of likely N-dealkylation sites (tertiary alicyclic amines) is 1. The summed E-state index contributed by atoms with van der Waals surface area (Å²) in [6.07, 6.45) is 6.22. The Morgan fingerprint density at radius 3 is 2.50 bits per heavy atom. The van der Waals surface area contributed by atoms with Gasteiger partial charge < -0.3 is 0 Å². The molecule has 3 rings (SSSR count). The lowest BCUT2D eigenvalue weighted by Crippen LogP contribution is -2.56. The quantitative estimate of drug-likeness (QED) is 0.768. The average molecular weight is 349 g/mol. The minimum Gasteiger partial charge on any atom is -0.293 e. The van der Waals surface area contributed by atoms with Gasteiger partial charge >= 0.3 is 0 Å². The predicted molar refractivity (Wildman–Crippen MR) is 98.3 cm³/mol. The third kappa shape index (κ3) is 3.58. The average Bonchev–Trinajstić information content (AvgIpc) is 2.92. The van der Waals surface area contributed by atoms with Gasteiger partial charge in [0.2, 0.25) is 10.0 Å². The maximum Gasteiger partial charge on any atom is 0.218 e. The van der Waals surface area contributed by atoms with E-state index in [1.807, 2.05) is 37.3 Å². The largest absolute Gasteiger partial charge is 0.293 e. The highest BCUT2D eigenvalue weighted by Crippen LogP contribution is 2.38. The summed E-state index contributed by atoms with van der Waals surface area (Å²) in [6, 6.07) is 7.80. The van der Waals surface area contributed by atoms with Gasteiger partial charge in [0.05, 0.1) is 5.75 Å². The molecule has 2 saturated heterocycles. The number of benzene rings is 1. The van der Waals surface area contributed by atoms with E-state index in [2.05, 4.69) is 11.5 Å². The number of aryl methyl sites for hydroxylation is 1. The van der Waals surface area contributed by atoms with Gasteiger partial charge in [-0.15, -0.1) is 6.58 Å². The molecular weight excluding hydrogens is 320 g/mol. The Hall–Kier alpha value is -1.17. The van der Waals surface area contributed by atoms with E-state index in [1.165, 1.54) is 0 Å². The Morgan fingerprint density at radius 2 is 1.83 bits per heavy atom. The van der Waals surface area contributed by atoms with Crippen LogP contribution in [0.1, 0.15) is 36.8 Å². The molecule has 0 amide bonds. The molecule has 0 N–H and O–H groups in total. The van der Waals surface area contributed by atoms with Crippen LogP contribution in [0.5, 0.6) is 0 Å². The van der Waals surface area contributed by atoms with Gasteiger partial charge in [-0.05, 0) is 44.7 Å². The van der Waals surface area contributed by atoms with Gasteiger partial charge in [-0.3, -0.25) is 4.90 Å². The van der Waals surface area contributed by atoms with Gasteiger partial charge in [0.25, 0.3) is 0 Å². The monoisotopic (exact) mass is 348 g/mol. The summed E-state index contributed by atoms with van der Waals surface area (Å²) >= 11 is 0. The highest BCUT2D eigenvalue weighted by molar-refractivity contribution is 7.88. The normalized spacial score (nSPS) is 26.0. The van der Waals surface area contributed by atoms with E-state index in [4.69, 9.17) is 0 Å². The van der Waals surface area contributed by atoms with Gasteiger partial charge in [0.15, 0.2) is 0 Å². The minimum atomic E-state index is -3.27. The Labute approximate surface area is 146 Å². The molecule has 2 aliphatic heterocycles. The standard InChI is InChI=1S/C19H28N2O2S/c1-3-12-20-13-4-10-19(20)11-5-14-21(16-19)24(22,23)15-18-8-6-17(2)7-9-18/h3,6-9H,1,4-5,10-16H2,2H3/t19-/m1/s1. The molecule has 0 unspecified atom stereocenters. The number of hydrogen-bond acceptors (Lipinski definition) is 3. The Balaban J connectivity index is 1.75. The van der Waals surface area contributed by atoms with Crippen LogP contribution >= 0.6 is 0 Å². The van der Waals surface area contributed by atoms with Crippen molar-refractivity contribution in [2.45, 2.75) is 43.9 Å². The Morgan fingerprint density at radius 1 is 1.17 bits per heavy atom. The first-order chi connectivity index (χ1) is 11.5. The Bertz CT molecular complexity index is 684. The lowest BCUT2D eigenvalue weighted by molar-refractivity contribution is 0.0841. The third-order valence-corrected chi connectivity index (χ3v) is 7.27. The number of nitrogens with zero attached hydrogens (tertiary/aromatic N) is 2. The van der Waals surface area contributed by atoms with Crippen molar-refractivity contribution in [3.8, 4) is 0 Å². The van der Waals surface area contributed by atoms with Crippen LogP contribution in [0.3, 0.4) is 0 Å². The molecule has 0 saturated carbocycles. The molecule has 0 bridgehead atoms. The van der Waals surface area contributed by atoms with Crippen molar-refractivity contribution in [1.82, 2.24) is 9.21 Å². The number of piperidine rings is 1. The molecule has 4 nitrogen and oxygen atoms in total. The summed E-state index contributed by atoms with van der Waals surface area (Å²) in [5.41, 5.74) is 2.04. The molecule has 1 aromatic rings. The van der Waals surface area contributed by atoms with Crippen molar-refractivity contribution in [1.29, 1.82) is 0 Å². The van der Waals surface area contributed by atoms with Gasteiger partial charge in [-0.1, -0.05) is 35.9 Å². The zero-order valence-electron chi connectivity index (χ0n) is 14.6. The molecule has 1 aromatic carbocycles. The van der Waals surface area contributed by atoms with Crippen LogP contribution < -0.4 is 0 Å². The summed E-state index contributed by atoms with van der Waals surface area (Å²) in [5.74, 6) is 0.102. The maximum absolute atomic E-state index is 12.9. The molecule has 132 valence electrons. The van der Waals surface area contributed by atoms with E-state index in [0.29, 0.717) is 13.1 Å². The fourth-order valence-electron chi connectivity index (χ4n) is 4.19. The summed E-state index contributed by atoms with van der Waals surface area (Å²) in [4.78, 5) is 2.44. The Kier molecular flexibility index (Phi) is 5.13. The van der Waals surface area contributed by atoms with Gasteiger partial charge in [0, 0.05) is 25.2 Å². The zero-order chi connectivity index (χ0) is 17.2. The van der Waals surface area contributed by atoms with Crippen molar-refractivity contribution >= 4 is 10.0 Å². The van der Waals surface area contributed by atoms with Crippen molar-refractivity contribution in [2.24, 2.45) is 0 Å². The molecule has 1 atom stereocenters. The maximum atomic E-state index is 12.9.